The number of anilines is 1. The summed E-state index contributed by atoms with van der Waals surface area (Å²) in [5.41, 5.74) is 1.10. The molecule has 0 bridgehead atoms. The molecule has 0 aliphatic heterocycles. The highest BCUT2D eigenvalue weighted by Gasteiger charge is 2.20. The third-order valence-corrected chi connectivity index (χ3v) is 4.73. The van der Waals surface area contributed by atoms with Gasteiger partial charge in [0.05, 0.1) is 17.6 Å². The van der Waals surface area contributed by atoms with Crippen molar-refractivity contribution in [2.75, 3.05) is 5.32 Å². The Morgan fingerprint density at radius 3 is 2.52 bits per heavy atom. The summed E-state index contributed by atoms with van der Waals surface area (Å²) in [5.74, 6) is -1.47. The van der Waals surface area contributed by atoms with Crippen LogP contribution < -0.4 is 10.9 Å². The Balaban J connectivity index is 1.77. The molecule has 9 heteroatoms. The van der Waals surface area contributed by atoms with Crippen LogP contribution in [-0.2, 0) is 11.3 Å². The van der Waals surface area contributed by atoms with Gasteiger partial charge in [-0.3, -0.25) is 9.59 Å². The van der Waals surface area contributed by atoms with E-state index < -0.39 is 23.1 Å². The maximum Gasteiger partial charge on any atom is 0.293 e. The maximum atomic E-state index is 13.4. The standard InChI is InChI=1S/C22H19F2N5O2/c1-13(2)20-18-11-25-29(17-8-6-14(23)7-9-17)21(18)22(31)28(27-20)12-19(30)26-16-5-3-4-15(24)10-16/h3-11,13H,12H2,1-2H3,(H,26,30). The smallest absolute Gasteiger partial charge is 0.293 e. The number of halogens is 2. The van der Waals surface area contributed by atoms with Crippen LogP contribution in [0.1, 0.15) is 25.5 Å². The molecule has 4 rings (SSSR count). The molecule has 4 aromatic rings. The summed E-state index contributed by atoms with van der Waals surface area (Å²) in [6, 6.07) is 11.0. The van der Waals surface area contributed by atoms with Gasteiger partial charge in [0.15, 0.2) is 0 Å². The van der Waals surface area contributed by atoms with Gasteiger partial charge in [-0.15, -0.1) is 0 Å². The average Bonchev–Trinajstić information content (AvgIpc) is 3.16. The number of benzene rings is 2. The van der Waals surface area contributed by atoms with Gasteiger partial charge >= 0.3 is 0 Å². The van der Waals surface area contributed by atoms with Crippen molar-refractivity contribution in [1.82, 2.24) is 19.6 Å². The van der Waals surface area contributed by atoms with Crippen LogP contribution in [0.4, 0.5) is 14.5 Å². The molecule has 0 saturated heterocycles. The molecule has 0 radical (unpaired) electrons. The van der Waals surface area contributed by atoms with Gasteiger partial charge < -0.3 is 5.32 Å². The molecule has 0 spiro atoms. The zero-order chi connectivity index (χ0) is 22.1. The molecule has 0 aliphatic rings. The highest BCUT2D eigenvalue weighted by Crippen LogP contribution is 2.23. The Hall–Kier alpha value is -3.88. The van der Waals surface area contributed by atoms with Crippen LogP contribution in [0.5, 0.6) is 0 Å². The molecule has 2 aromatic heterocycles. The van der Waals surface area contributed by atoms with E-state index in [1.807, 2.05) is 13.8 Å². The Morgan fingerprint density at radius 1 is 1.10 bits per heavy atom. The Kier molecular flexibility index (Phi) is 5.33. The fourth-order valence-corrected chi connectivity index (χ4v) is 3.31. The van der Waals surface area contributed by atoms with Gasteiger partial charge in [0.25, 0.3) is 5.56 Å². The number of carbonyl (C=O) groups excluding carboxylic acids is 1. The van der Waals surface area contributed by atoms with Gasteiger partial charge in [-0.05, 0) is 48.4 Å². The highest BCUT2D eigenvalue weighted by molar-refractivity contribution is 5.90. The summed E-state index contributed by atoms with van der Waals surface area (Å²) in [6.45, 7) is 3.47. The second kappa shape index (κ2) is 8.10. The Labute approximate surface area is 175 Å². The first-order valence-electron chi connectivity index (χ1n) is 9.63. The van der Waals surface area contributed by atoms with E-state index in [9.17, 15) is 18.4 Å². The molecular formula is C22H19F2N5O2. The van der Waals surface area contributed by atoms with Crippen molar-refractivity contribution in [1.29, 1.82) is 0 Å². The van der Waals surface area contributed by atoms with Crippen LogP contribution >= 0.6 is 0 Å². The van der Waals surface area contributed by atoms with E-state index in [1.165, 1.54) is 47.1 Å². The van der Waals surface area contributed by atoms with Crippen molar-refractivity contribution in [3.05, 3.63) is 82.4 Å². The molecule has 7 nitrogen and oxygen atoms in total. The number of hydrogen-bond donors (Lipinski definition) is 1. The van der Waals surface area contributed by atoms with Gasteiger partial charge in [0.1, 0.15) is 23.7 Å². The van der Waals surface area contributed by atoms with Crippen LogP contribution in [-0.4, -0.2) is 25.5 Å². The van der Waals surface area contributed by atoms with Crippen molar-refractivity contribution in [2.24, 2.45) is 0 Å². The van der Waals surface area contributed by atoms with Crippen LogP contribution in [0.2, 0.25) is 0 Å². The van der Waals surface area contributed by atoms with Crippen LogP contribution in [0.3, 0.4) is 0 Å². The molecule has 2 heterocycles. The average molecular weight is 423 g/mol. The Bertz CT molecular complexity index is 1330. The SMILES string of the molecule is CC(C)c1nn(CC(=O)Nc2cccc(F)c2)c(=O)c2c1cnn2-c1ccc(F)cc1. The summed E-state index contributed by atoms with van der Waals surface area (Å²) in [7, 11) is 0. The molecule has 0 saturated carbocycles. The Morgan fingerprint density at radius 2 is 1.84 bits per heavy atom. The first kappa shape index (κ1) is 20.4. The maximum absolute atomic E-state index is 13.4. The van der Waals surface area contributed by atoms with E-state index in [4.69, 9.17) is 0 Å². The number of aromatic nitrogens is 4. The van der Waals surface area contributed by atoms with Crippen molar-refractivity contribution in [3.63, 3.8) is 0 Å². The van der Waals surface area contributed by atoms with E-state index in [2.05, 4.69) is 15.5 Å². The van der Waals surface area contributed by atoms with Gasteiger partial charge in [0, 0.05) is 11.1 Å². The van der Waals surface area contributed by atoms with E-state index >= 15 is 0 Å². The monoisotopic (exact) mass is 423 g/mol. The second-order valence-corrected chi connectivity index (χ2v) is 7.36. The predicted octanol–water partition coefficient (Wildman–Crippen LogP) is 3.62. The number of rotatable bonds is 5. The zero-order valence-electron chi connectivity index (χ0n) is 16.8. The number of amides is 1. The zero-order valence-corrected chi connectivity index (χ0v) is 16.8. The molecule has 2 aromatic carbocycles. The van der Waals surface area contributed by atoms with Crippen LogP contribution in [0, 0.1) is 11.6 Å². The summed E-state index contributed by atoms with van der Waals surface area (Å²) in [4.78, 5) is 25.7. The molecule has 0 aliphatic carbocycles. The van der Waals surface area contributed by atoms with E-state index in [0.29, 0.717) is 16.8 Å². The minimum absolute atomic E-state index is 0.0495. The van der Waals surface area contributed by atoms with Crippen molar-refractivity contribution < 1.29 is 13.6 Å². The third-order valence-electron chi connectivity index (χ3n) is 4.73. The topological polar surface area (TPSA) is 81.8 Å². The van der Waals surface area contributed by atoms with Crippen LogP contribution in [0.25, 0.3) is 16.6 Å². The van der Waals surface area contributed by atoms with Gasteiger partial charge in [0.2, 0.25) is 5.91 Å². The molecular weight excluding hydrogens is 404 g/mol. The largest absolute Gasteiger partial charge is 0.324 e. The fourth-order valence-electron chi connectivity index (χ4n) is 3.31. The molecule has 1 amide bonds. The minimum Gasteiger partial charge on any atom is -0.324 e. The highest BCUT2D eigenvalue weighted by atomic mass is 19.1. The fraction of sp³-hybridized carbons (Fsp3) is 0.182. The normalized spacial score (nSPS) is 11.3. The molecule has 158 valence electrons. The number of hydrogen-bond acceptors (Lipinski definition) is 4. The summed E-state index contributed by atoms with van der Waals surface area (Å²) < 4.78 is 29.2. The molecule has 31 heavy (non-hydrogen) atoms. The predicted molar refractivity (Wildman–Crippen MR) is 112 cm³/mol. The summed E-state index contributed by atoms with van der Waals surface area (Å²) in [6.07, 6.45) is 1.54. The van der Waals surface area contributed by atoms with Crippen molar-refractivity contribution in [3.8, 4) is 5.69 Å². The van der Waals surface area contributed by atoms with E-state index in [-0.39, 0.29) is 23.7 Å². The quantitative estimate of drug-likeness (QED) is 0.532. The number of carbonyl (C=O) groups is 1. The molecule has 1 N–H and O–H groups in total. The number of fused-ring (bicyclic) bond motifs is 1. The van der Waals surface area contributed by atoms with Crippen molar-refractivity contribution >= 4 is 22.5 Å². The molecule has 0 fully saturated rings. The van der Waals surface area contributed by atoms with Crippen molar-refractivity contribution in [2.45, 2.75) is 26.3 Å². The first-order chi connectivity index (χ1) is 14.8. The number of nitrogens with one attached hydrogen (secondary N) is 1. The lowest BCUT2D eigenvalue weighted by Gasteiger charge is -2.12. The van der Waals surface area contributed by atoms with E-state index in [1.54, 1.807) is 12.3 Å². The number of nitrogens with zero attached hydrogens (tertiary/aromatic N) is 4. The minimum atomic E-state index is -0.526. The third kappa shape index (κ3) is 4.07. The van der Waals surface area contributed by atoms with Gasteiger partial charge in [-0.1, -0.05) is 19.9 Å². The molecule has 0 unspecified atom stereocenters. The van der Waals surface area contributed by atoms with Gasteiger partial charge in [-0.25, -0.2) is 18.1 Å². The first-order valence-corrected chi connectivity index (χ1v) is 9.63. The lowest BCUT2D eigenvalue weighted by molar-refractivity contribution is -0.117. The van der Waals surface area contributed by atoms with E-state index in [0.717, 1.165) is 4.68 Å². The lowest BCUT2D eigenvalue weighted by Crippen LogP contribution is -2.31. The second-order valence-electron chi connectivity index (χ2n) is 7.36. The van der Waals surface area contributed by atoms with Crippen LogP contribution in [0.15, 0.2) is 59.5 Å². The van der Waals surface area contributed by atoms with Gasteiger partial charge in [-0.2, -0.15) is 10.2 Å². The summed E-state index contributed by atoms with van der Waals surface area (Å²) >= 11 is 0. The summed E-state index contributed by atoms with van der Waals surface area (Å²) in [5, 5.41) is 11.8. The lowest BCUT2D eigenvalue weighted by atomic mass is 10.1. The molecule has 0 atom stereocenters.